The molecule has 1 aromatic carbocycles. The first-order valence-electron chi connectivity index (χ1n) is 8.24. The maximum Gasteiger partial charge on any atom is 0.230 e. The van der Waals surface area contributed by atoms with Crippen LogP contribution in [0, 0.1) is 0 Å². The quantitative estimate of drug-likeness (QED) is 0.485. The Morgan fingerprint density at radius 1 is 1.31 bits per heavy atom. The maximum atomic E-state index is 12.3. The number of hydrogen-bond donors (Lipinski definition) is 1. The minimum absolute atomic E-state index is 0.0472. The fourth-order valence-electron chi connectivity index (χ4n) is 2.52. The van der Waals surface area contributed by atoms with E-state index in [1.807, 2.05) is 47.9 Å². The van der Waals surface area contributed by atoms with Gasteiger partial charge in [-0.05, 0) is 24.6 Å². The number of allylic oxidation sites excluding steroid dienone is 1. The molecule has 1 atom stereocenters. The van der Waals surface area contributed by atoms with Crippen molar-refractivity contribution in [3.05, 3.63) is 66.9 Å². The van der Waals surface area contributed by atoms with Gasteiger partial charge in [-0.25, -0.2) is 0 Å². The molecule has 0 saturated heterocycles. The first kappa shape index (κ1) is 18.0. The SMILES string of the molecule is C=CCn1c(SCC(=O)N[C@@H](C)c2ccccc2)nnc1-c1ccco1. The van der Waals surface area contributed by atoms with Crippen LogP contribution in [0.1, 0.15) is 18.5 Å². The molecule has 0 saturated carbocycles. The van der Waals surface area contributed by atoms with Gasteiger partial charge in [0.25, 0.3) is 0 Å². The minimum Gasteiger partial charge on any atom is -0.461 e. The summed E-state index contributed by atoms with van der Waals surface area (Å²) in [7, 11) is 0. The van der Waals surface area contributed by atoms with Gasteiger partial charge in [-0.3, -0.25) is 9.36 Å². The van der Waals surface area contributed by atoms with Crippen molar-refractivity contribution >= 4 is 17.7 Å². The van der Waals surface area contributed by atoms with Gasteiger partial charge in [0.2, 0.25) is 11.7 Å². The summed E-state index contributed by atoms with van der Waals surface area (Å²) in [5.74, 6) is 1.45. The van der Waals surface area contributed by atoms with E-state index in [4.69, 9.17) is 4.42 Å². The van der Waals surface area contributed by atoms with Crippen LogP contribution < -0.4 is 5.32 Å². The molecule has 1 N–H and O–H groups in total. The van der Waals surface area contributed by atoms with Gasteiger partial charge >= 0.3 is 0 Å². The van der Waals surface area contributed by atoms with Crippen molar-refractivity contribution in [3.8, 4) is 11.6 Å². The Balaban J connectivity index is 1.64. The summed E-state index contributed by atoms with van der Waals surface area (Å²) in [5, 5.41) is 12.0. The van der Waals surface area contributed by atoms with Crippen molar-refractivity contribution in [1.82, 2.24) is 20.1 Å². The van der Waals surface area contributed by atoms with Gasteiger partial charge in [0, 0.05) is 6.54 Å². The highest BCUT2D eigenvalue weighted by Crippen LogP contribution is 2.24. The average Bonchev–Trinajstić information content (AvgIpc) is 3.31. The summed E-state index contributed by atoms with van der Waals surface area (Å²) in [6, 6.07) is 13.4. The van der Waals surface area contributed by atoms with Crippen LogP contribution in [0.3, 0.4) is 0 Å². The van der Waals surface area contributed by atoms with E-state index >= 15 is 0 Å². The highest BCUT2D eigenvalue weighted by Gasteiger charge is 2.17. The summed E-state index contributed by atoms with van der Waals surface area (Å²) in [5.41, 5.74) is 1.07. The molecule has 0 aliphatic carbocycles. The molecular formula is C19H20N4O2S. The van der Waals surface area contributed by atoms with E-state index in [0.29, 0.717) is 23.3 Å². The topological polar surface area (TPSA) is 73.0 Å². The summed E-state index contributed by atoms with van der Waals surface area (Å²) in [4.78, 5) is 12.3. The number of benzene rings is 1. The number of amides is 1. The Hall–Kier alpha value is -2.80. The van der Waals surface area contributed by atoms with E-state index in [1.54, 1.807) is 18.4 Å². The van der Waals surface area contributed by atoms with Crippen LogP contribution in [-0.4, -0.2) is 26.4 Å². The lowest BCUT2D eigenvalue weighted by molar-refractivity contribution is -0.119. The lowest BCUT2D eigenvalue weighted by Crippen LogP contribution is -2.28. The first-order chi connectivity index (χ1) is 12.7. The average molecular weight is 368 g/mol. The summed E-state index contributed by atoms with van der Waals surface area (Å²) >= 11 is 1.34. The van der Waals surface area contributed by atoms with Crippen LogP contribution in [-0.2, 0) is 11.3 Å². The lowest BCUT2D eigenvalue weighted by Gasteiger charge is -2.14. The molecule has 3 rings (SSSR count). The second-order valence-corrected chi connectivity index (χ2v) is 6.61. The number of thioether (sulfide) groups is 1. The Bertz CT molecular complexity index is 859. The van der Waals surface area contributed by atoms with E-state index < -0.39 is 0 Å². The molecule has 0 aliphatic rings. The van der Waals surface area contributed by atoms with Gasteiger partial charge in [0.15, 0.2) is 10.9 Å². The van der Waals surface area contributed by atoms with Crippen molar-refractivity contribution in [1.29, 1.82) is 0 Å². The molecule has 1 amide bonds. The summed E-state index contributed by atoms with van der Waals surface area (Å²) < 4.78 is 7.28. The van der Waals surface area contributed by atoms with E-state index in [2.05, 4.69) is 22.1 Å². The van der Waals surface area contributed by atoms with E-state index in [0.717, 1.165) is 5.56 Å². The van der Waals surface area contributed by atoms with Crippen molar-refractivity contribution < 1.29 is 9.21 Å². The second-order valence-electron chi connectivity index (χ2n) is 5.67. The molecule has 0 unspecified atom stereocenters. The van der Waals surface area contributed by atoms with Crippen molar-refractivity contribution in [3.63, 3.8) is 0 Å². The van der Waals surface area contributed by atoms with Gasteiger partial charge in [-0.15, -0.1) is 16.8 Å². The van der Waals surface area contributed by atoms with Gasteiger partial charge in [-0.2, -0.15) is 0 Å². The number of hydrogen-bond acceptors (Lipinski definition) is 5. The molecule has 3 aromatic rings. The smallest absolute Gasteiger partial charge is 0.230 e. The normalized spacial score (nSPS) is 11.9. The van der Waals surface area contributed by atoms with Crippen LogP contribution in [0.25, 0.3) is 11.6 Å². The van der Waals surface area contributed by atoms with E-state index in [1.165, 1.54) is 11.8 Å². The molecule has 0 spiro atoms. The van der Waals surface area contributed by atoms with Crippen LogP contribution in [0.4, 0.5) is 0 Å². The zero-order chi connectivity index (χ0) is 18.4. The third kappa shape index (κ3) is 4.23. The van der Waals surface area contributed by atoms with E-state index in [9.17, 15) is 4.79 Å². The van der Waals surface area contributed by atoms with Gasteiger partial charge in [0.05, 0.1) is 18.1 Å². The highest BCUT2D eigenvalue weighted by molar-refractivity contribution is 7.99. The Kier molecular flexibility index (Phi) is 5.91. The van der Waals surface area contributed by atoms with Crippen LogP contribution in [0.2, 0.25) is 0 Å². The summed E-state index contributed by atoms with van der Waals surface area (Å²) in [6.07, 6.45) is 3.35. The molecule has 0 radical (unpaired) electrons. The molecule has 7 heteroatoms. The maximum absolute atomic E-state index is 12.3. The molecule has 134 valence electrons. The molecule has 2 heterocycles. The standard InChI is InChI=1S/C19H20N4O2S/c1-3-11-23-18(16-10-7-12-25-16)21-22-19(23)26-13-17(24)20-14(2)15-8-5-4-6-9-15/h3-10,12,14H,1,11,13H2,2H3,(H,20,24)/t14-/m0/s1. The number of furan rings is 1. The molecule has 0 bridgehead atoms. The number of nitrogens with one attached hydrogen (secondary N) is 1. The number of nitrogens with zero attached hydrogens (tertiary/aromatic N) is 3. The van der Waals surface area contributed by atoms with Gasteiger partial charge in [0.1, 0.15) is 0 Å². The highest BCUT2D eigenvalue weighted by atomic mass is 32.2. The molecular weight excluding hydrogens is 348 g/mol. The molecule has 0 aliphatic heterocycles. The Morgan fingerprint density at radius 3 is 2.81 bits per heavy atom. The monoisotopic (exact) mass is 368 g/mol. The zero-order valence-electron chi connectivity index (χ0n) is 14.5. The Morgan fingerprint density at radius 2 is 2.12 bits per heavy atom. The summed E-state index contributed by atoms with van der Waals surface area (Å²) in [6.45, 7) is 6.27. The van der Waals surface area contributed by atoms with Crippen LogP contribution in [0.15, 0.2) is 71.0 Å². The third-order valence-corrected chi connectivity index (χ3v) is 4.75. The molecule has 26 heavy (non-hydrogen) atoms. The number of rotatable bonds is 8. The molecule has 6 nitrogen and oxygen atoms in total. The van der Waals surface area contributed by atoms with Gasteiger partial charge in [-0.1, -0.05) is 48.2 Å². The van der Waals surface area contributed by atoms with Crippen molar-refractivity contribution in [2.24, 2.45) is 0 Å². The van der Waals surface area contributed by atoms with Crippen LogP contribution in [0.5, 0.6) is 0 Å². The number of carbonyl (C=O) groups excluding carboxylic acids is 1. The van der Waals surface area contributed by atoms with Crippen molar-refractivity contribution in [2.75, 3.05) is 5.75 Å². The number of aromatic nitrogens is 3. The molecule has 0 fully saturated rings. The van der Waals surface area contributed by atoms with Gasteiger partial charge < -0.3 is 9.73 Å². The Labute approximate surface area is 156 Å². The fraction of sp³-hybridized carbons (Fsp3) is 0.211. The number of carbonyl (C=O) groups is 1. The second kappa shape index (κ2) is 8.53. The molecule has 2 aromatic heterocycles. The lowest BCUT2D eigenvalue weighted by atomic mass is 10.1. The third-order valence-electron chi connectivity index (χ3n) is 3.78. The minimum atomic E-state index is -0.0564. The predicted molar refractivity (Wildman–Crippen MR) is 102 cm³/mol. The zero-order valence-corrected chi connectivity index (χ0v) is 15.3. The van der Waals surface area contributed by atoms with Crippen molar-refractivity contribution in [2.45, 2.75) is 24.7 Å². The fourth-order valence-corrected chi connectivity index (χ4v) is 3.27. The largest absolute Gasteiger partial charge is 0.461 e. The van der Waals surface area contributed by atoms with E-state index in [-0.39, 0.29) is 17.7 Å². The first-order valence-corrected chi connectivity index (χ1v) is 9.22. The predicted octanol–water partition coefficient (Wildman–Crippen LogP) is 3.69. The van der Waals surface area contributed by atoms with Crippen LogP contribution >= 0.6 is 11.8 Å².